The van der Waals surface area contributed by atoms with Gasteiger partial charge in [-0.3, -0.25) is 4.79 Å². The molecule has 0 spiro atoms. The largest absolute Gasteiger partial charge is 0.481 e. The van der Waals surface area contributed by atoms with Gasteiger partial charge in [0, 0.05) is 10.5 Å². The predicted molar refractivity (Wildman–Crippen MR) is 101 cm³/mol. The van der Waals surface area contributed by atoms with E-state index in [9.17, 15) is 4.79 Å². The molecule has 5 nitrogen and oxygen atoms in total. The van der Waals surface area contributed by atoms with Crippen LogP contribution in [0.2, 0.25) is 0 Å². The molecule has 0 aliphatic rings. The molecule has 1 aromatic heterocycles. The predicted octanol–water partition coefficient (Wildman–Crippen LogP) is 4.10. The normalized spacial score (nSPS) is 11.8. The smallest absolute Gasteiger partial charge is 0.266 e. The van der Waals surface area contributed by atoms with Crippen molar-refractivity contribution in [3.63, 3.8) is 0 Å². The first-order valence-corrected chi connectivity index (χ1v) is 8.70. The fourth-order valence-corrected chi connectivity index (χ4v) is 2.58. The van der Waals surface area contributed by atoms with Gasteiger partial charge in [0.1, 0.15) is 11.6 Å². The molecule has 0 saturated heterocycles. The topological polar surface area (TPSA) is 56.1 Å². The molecule has 0 bridgehead atoms. The Balaban J connectivity index is 1.64. The van der Waals surface area contributed by atoms with E-state index in [0.29, 0.717) is 18.1 Å². The summed E-state index contributed by atoms with van der Waals surface area (Å²) < 4.78 is 8.42. The number of amides is 1. The average Bonchev–Trinajstić information content (AvgIpc) is 3.04. The van der Waals surface area contributed by atoms with Crippen LogP contribution in [0.3, 0.4) is 0 Å². The fourth-order valence-electron chi connectivity index (χ4n) is 2.31. The highest BCUT2D eigenvalue weighted by molar-refractivity contribution is 9.10. The van der Waals surface area contributed by atoms with Gasteiger partial charge in [0.2, 0.25) is 0 Å². The van der Waals surface area contributed by atoms with Gasteiger partial charge < -0.3 is 10.1 Å². The zero-order chi connectivity index (χ0) is 17.6. The maximum absolute atomic E-state index is 12.4. The van der Waals surface area contributed by atoms with Crippen LogP contribution in [-0.4, -0.2) is 21.8 Å². The highest BCUT2D eigenvalue weighted by Gasteiger charge is 2.16. The molecule has 0 saturated carbocycles. The van der Waals surface area contributed by atoms with Crippen molar-refractivity contribution < 1.29 is 9.53 Å². The third-order valence-electron chi connectivity index (χ3n) is 3.64. The molecule has 0 aliphatic heterocycles. The van der Waals surface area contributed by atoms with Gasteiger partial charge in [-0.05, 0) is 36.8 Å². The summed E-state index contributed by atoms with van der Waals surface area (Å²) in [5.41, 5.74) is 1.09. The first-order chi connectivity index (χ1) is 12.1. The lowest BCUT2D eigenvalue weighted by Gasteiger charge is -2.15. The van der Waals surface area contributed by atoms with E-state index in [1.165, 1.54) is 0 Å². The van der Waals surface area contributed by atoms with E-state index in [1.54, 1.807) is 23.9 Å². The van der Waals surface area contributed by atoms with E-state index in [0.717, 1.165) is 10.0 Å². The van der Waals surface area contributed by atoms with Crippen LogP contribution < -0.4 is 10.1 Å². The highest BCUT2D eigenvalue weighted by atomic mass is 79.9. The number of para-hydroxylation sites is 1. The van der Waals surface area contributed by atoms with Crippen molar-refractivity contribution in [3.8, 4) is 5.75 Å². The number of hydrogen-bond acceptors (Lipinski definition) is 3. The second-order valence-corrected chi connectivity index (χ2v) is 6.48. The minimum Gasteiger partial charge on any atom is -0.481 e. The summed E-state index contributed by atoms with van der Waals surface area (Å²) >= 11 is 3.42. The van der Waals surface area contributed by atoms with Crippen molar-refractivity contribution in [1.29, 1.82) is 0 Å². The zero-order valence-corrected chi connectivity index (χ0v) is 15.3. The zero-order valence-electron chi connectivity index (χ0n) is 13.7. The Bertz CT molecular complexity index is 831. The first kappa shape index (κ1) is 17.2. The van der Waals surface area contributed by atoms with E-state index in [1.807, 2.05) is 54.6 Å². The Hall–Kier alpha value is -2.60. The number of hydrogen-bond donors (Lipinski definition) is 1. The third kappa shape index (κ3) is 4.70. The van der Waals surface area contributed by atoms with Gasteiger partial charge >= 0.3 is 0 Å². The highest BCUT2D eigenvalue weighted by Crippen LogP contribution is 2.15. The third-order valence-corrected chi connectivity index (χ3v) is 4.17. The maximum atomic E-state index is 12.4. The number of anilines is 1. The van der Waals surface area contributed by atoms with Crippen LogP contribution in [0.25, 0.3) is 0 Å². The molecule has 25 heavy (non-hydrogen) atoms. The van der Waals surface area contributed by atoms with Crippen molar-refractivity contribution in [2.45, 2.75) is 19.6 Å². The summed E-state index contributed by atoms with van der Waals surface area (Å²) in [7, 11) is 0. The summed E-state index contributed by atoms with van der Waals surface area (Å²) in [5.74, 6) is 1.08. The van der Waals surface area contributed by atoms with Gasteiger partial charge in [-0.2, -0.15) is 5.10 Å². The molecule has 1 heterocycles. The number of nitrogens with zero attached hydrogens (tertiary/aromatic N) is 2. The number of halogens is 1. The van der Waals surface area contributed by atoms with Crippen molar-refractivity contribution in [2.24, 2.45) is 0 Å². The van der Waals surface area contributed by atoms with Crippen LogP contribution in [0.4, 0.5) is 5.82 Å². The lowest BCUT2D eigenvalue weighted by molar-refractivity contribution is -0.122. The van der Waals surface area contributed by atoms with Gasteiger partial charge in [0.15, 0.2) is 6.10 Å². The van der Waals surface area contributed by atoms with Crippen LogP contribution in [0.15, 0.2) is 71.3 Å². The number of nitrogens with one attached hydrogen (secondary N) is 1. The lowest BCUT2D eigenvalue weighted by Crippen LogP contribution is -2.31. The Morgan fingerprint density at radius 1 is 1.16 bits per heavy atom. The van der Waals surface area contributed by atoms with Crippen LogP contribution >= 0.6 is 15.9 Å². The van der Waals surface area contributed by atoms with Gasteiger partial charge in [-0.15, -0.1) is 0 Å². The molecule has 2 aromatic carbocycles. The maximum Gasteiger partial charge on any atom is 0.266 e. The second kappa shape index (κ2) is 7.98. The van der Waals surface area contributed by atoms with Crippen LogP contribution in [0, 0.1) is 0 Å². The van der Waals surface area contributed by atoms with Gasteiger partial charge in [0.25, 0.3) is 5.91 Å². The van der Waals surface area contributed by atoms with E-state index < -0.39 is 6.10 Å². The molecular formula is C19H18BrN3O2. The molecule has 6 heteroatoms. The van der Waals surface area contributed by atoms with E-state index in [2.05, 4.69) is 26.3 Å². The number of ether oxygens (including phenoxy) is 1. The minimum atomic E-state index is -0.613. The Labute approximate surface area is 154 Å². The van der Waals surface area contributed by atoms with Gasteiger partial charge in [0.05, 0.1) is 12.7 Å². The summed E-state index contributed by atoms with van der Waals surface area (Å²) in [5, 5.41) is 7.15. The number of aromatic nitrogens is 2. The molecule has 0 fully saturated rings. The summed E-state index contributed by atoms with van der Waals surface area (Å²) in [6, 6.07) is 19.0. The SMILES string of the molecule is CC(Oc1ccccc1)C(=O)Nc1ccnn1Cc1ccc(Br)cc1. The molecule has 1 amide bonds. The van der Waals surface area contributed by atoms with Crippen LogP contribution in [0.5, 0.6) is 5.75 Å². The number of rotatable bonds is 6. The van der Waals surface area contributed by atoms with Crippen LogP contribution in [0.1, 0.15) is 12.5 Å². The van der Waals surface area contributed by atoms with Crippen molar-refractivity contribution >= 4 is 27.7 Å². The number of carbonyl (C=O) groups is 1. The van der Waals surface area contributed by atoms with E-state index >= 15 is 0 Å². The fraction of sp³-hybridized carbons (Fsp3) is 0.158. The lowest BCUT2D eigenvalue weighted by atomic mass is 10.2. The Morgan fingerprint density at radius 2 is 1.88 bits per heavy atom. The van der Waals surface area contributed by atoms with Crippen LogP contribution in [-0.2, 0) is 11.3 Å². The molecule has 3 aromatic rings. The molecule has 1 N–H and O–H groups in total. The second-order valence-electron chi connectivity index (χ2n) is 5.56. The Morgan fingerprint density at radius 3 is 2.60 bits per heavy atom. The van der Waals surface area contributed by atoms with E-state index in [-0.39, 0.29) is 5.91 Å². The molecular weight excluding hydrogens is 382 g/mol. The summed E-state index contributed by atoms with van der Waals surface area (Å²) in [6.07, 6.45) is 1.05. The standard InChI is InChI=1S/C19H18BrN3O2/c1-14(25-17-5-3-2-4-6-17)19(24)22-18-11-12-21-23(18)13-15-7-9-16(20)10-8-15/h2-12,14H,13H2,1H3,(H,22,24). The minimum absolute atomic E-state index is 0.221. The molecule has 3 rings (SSSR count). The first-order valence-electron chi connectivity index (χ1n) is 7.90. The van der Waals surface area contributed by atoms with Crippen molar-refractivity contribution in [2.75, 3.05) is 5.32 Å². The average molecular weight is 400 g/mol. The molecule has 128 valence electrons. The van der Waals surface area contributed by atoms with Crippen molar-refractivity contribution in [3.05, 3.63) is 76.9 Å². The quantitative estimate of drug-likeness (QED) is 0.678. The monoisotopic (exact) mass is 399 g/mol. The summed E-state index contributed by atoms with van der Waals surface area (Å²) in [6.45, 7) is 2.29. The number of benzene rings is 2. The molecule has 1 unspecified atom stereocenters. The summed E-state index contributed by atoms with van der Waals surface area (Å²) in [4.78, 5) is 12.4. The molecule has 0 radical (unpaired) electrons. The molecule has 0 aliphatic carbocycles. The van der Waals surface area contributed by atoms with Gasteiger partial charge in [-0.25, -0.2) is 4.68 Å². The number of carbonyl (C=O) groups excluding carboxylic acids is 1. The Kier molecular flexibility index (Phi) is 5.50. The van der Waals surface area contributed by atoms with Crippen molar-refractivity contribution in [1.82, 2.24) is 9.78 Å². The van der Waals surface area contributed by atoms with E-state index in [4.69, 9.17) is 4.74 Å². The van der Waals surface area contributed by atoms with Gasteiger partial charge in [-0.1, -0.05) is 46.3 Å². The molecule has 1 atom stereocenters.